The van der Waals surface area contributed by atoms with Gasteiger partial charge in [-0.1, -0.05) is 36.4 Å². The van der Waals surface area contributed by atoms with Crippen molar-refractivity contribution in [1.29, 1.82) is 0 Å². The van der Waals surface area contributed by atoms with Gasteiger partial charge in [0.2, 0.25) is 11.8 Å². The molecule has 2 aromatic carbocycles. The van der Waals surface area contributed by atoms with E-state index in [1.54, 1.807) is 0 Å². The van der Waals surface area contributed by atoms with Gasteiger partial charge in [0, 0.05) is 0 Å². The van der Waals surface area contributed by atoms with E-state index < -0.39 is 51.6 Å². The SMILES string of the molecule is O=C1CC(C(=O)NC2(c3ccc(SC(F)(F)F)c(F)c3)CC2)NC(c2ccccc2)N1. The summed E-state index contributed by atoms with van der Waals surface area (Å²) in [5.74, 6) is -1.68. The Balaban J connectivity index is 1.46. The lowest BCUT2D eigenvalue weighted by molar-refractivity contribution is -0.132. The Hall–Kier alpha value is -2.59. The van der Waals surface area contributed by atoms with E-state index in [1.165, 1.54) is 6.07 Å². The molecule has 1 aliphatic heterocycles. The molecule has 0 aromatic heterocycles. The van der Waals surface area contributed by atoms with Crippen LogP contribution in [0.3, 0.4) is 0 Å². The average molecular weight is 453 g/mol. The number of nitrogens with one attached hydrogen (secondary N) is 3. The van der Waals surface area contributed by atoms with Gasteiger partial charge in [0.05, 0.1) is 22.9 Å². The van der Waals surface area contributed by atoms with Gasteiger partial charge < -0.3 is 10.6 Å². The molecule has 2 atom stereocenters. The van der Waals surface area contributed by atoms with E-state index in [0.29, 0.717) is 18.4 Å². The summed E-state index contributed by atoms with van der Waals surface area (Å²) in [5, 5.41) is 8.75. The topological polar surface area (TPSA) is 70.2 Å². The first-order chi connectivity index (χ1) is 14.7. The normalized spacial score (nSPS) is 22.5. The number of alkyl halides is 3. The van der Waals surface area contributed by atoms with Crippen LogP contribution in [-0.4, -0.2) is 23.4 Å². The minimum atomic E-state index is -4.59. The first-order valence-corrected chi connectivity index (χ1v) is 10.4. The summed E-state index contributed by atoms with van der Waals surface area (Å²) in [6.45, 7) is 0. The number of amides is 2. The van der Waals surface area contributed by atoms with Gasteiger partial charge in [-0.15, -0.1) is 0 Å². The summed E-state index contributed by atoms with van der Waals surface area (Å²) in [6, 6.07) is 11.9. The molecular formula is C21H19F4N3O2S. The zero-order chi connectivity index (χ0) is 22.2. The van der Waals surface area contributed by atoms with E-state index in [0.717, 1.165) is 17.7 Å². The van der Waals surface area contributed by atoms with Gasteiger partial charge in [-0.05, 0) is 47.9 Å². The molecule has 0 radical (unpaired) electrons. The molecule has 2 aliphatic rings. The summed E-state index contributed by atoms with van der Waals surface area (Å²) in [5.41, 5.74) is -4.22. The highest BCUT2D eigenvalue weighted by atomic mass is 32.2. The highest BCUT2D eigenvalue weighted by Crippen LogP contribution is 2.47. The third kappa shape index (κ3) is 5.01. The fraction of sp³-hybridized carbons (Fsp3) is 0.333. The number of benzene rings is 2. The quantitative estimate of drug-likeness (QED) is 0.477. The van der Waals surface area contributed by atoms with Crippen molar-refractivity contribution in [3.63, 3.8) is 0 Å². The van der Waals surface area contributed by atoms with Gasteiger partial charge in [-0.3, -0.25) is 14.9 Å². The maximum Gasteiger partial charge on any atom is 0.446 e. The van der Waals surface area contributed by atoms with Crippen molar-refractivity contribution in [2.45, 2.75) is 47.4 Å². The van der Waals surface area contributed by atoms with Crippen LogP contribution in [0.25, 0.3) is 0 Å². The van der Waals surface area contributed by atoms with Crippen LogP contribution in [0, 0.1) is 5.82 Å². The molecule has 0 spiro atoms. The first-order valence-electron chi connectivity index (χ1n) is 9.63. The summed E-state index contributed by atoms with van der Waals surface area (Å²) < 4.78 is 51.8. The first kappa shape index (κ1) is 21.6. The molecule has 2 amide bonds. The Morgan fingerprint density at radius 1 is 1.13 bits per heavy atom. The smallest absolute Gasteiger partial charge is 0.345 e. The highest BCUT2D eigenvalue weighted by molar-refractivity contribution is 8.00. The number of hydrogen-bond acceptors (Lipinski definition) is 4. The van der Waals surface area contributed by atoms with Crippen molar-refractivity contribution < 1.29 is 27.2 Å². The molecule has 10 heteroatoms. The summed E-state index contributed by atoms with van der Waals surface area (Å²) in [7, 11) is 0. The van der Waals surface area contributed by atoms with Crippen LogP contribution in [0.1, 0.15) is 36.6 Å². The predicted molar refractivity (Wildman–Crippen MR) is 106 cm³/mol. The molecule has 2 unspecified atom stereocenters. The lowest BCUT2D eigenvalue weighted by atomic mass is 10.0. The van der Waals surface area contributed by atoms with Crippen LogP contribution in [-0.2, 0) is 15.1 Å². The van der Waals surface area contributed by atoms with Crippen LogP contribution >= 0.6 is 11.8 Å². The Bertz CT molecular complexity index is 996. The van der Waals surface area contributed by atoms with Crippen LogP contribution in [0.4, 0.5) is 17.6 Å². The molecule has 31 heavy (non-hydrogen) atoms. The van der Waals surface area contributed by atoms with E-state index in [-0.39, 0.29) is 12.3 Å². The van der Waals surface area contributed by atoms with Crippen molar-refractivity contribution >= 4 is 23.6 Å². The molecule has 2 fully saturated rings. The molecule has 0 bridgehead atoms. The van der Waals surface area contributed by atoms with Gasteiger partial charge >= 0.3 is 5.51 Å². The Kier molecular flexibility index (Phi) is 5.69. The van der Waals surface area contributed by atoms with Crippen molar-refractivity contribution in [2.75, 3.05) is 0 Å². The summed E-state index contributed by atoms with van der Waals surface area (Å²) in [4.78, 5) is 24.5. The fourth-order valence-corrected chi connectivity index (χ4v) is 4.18. The molecule has 1 saturated heterocycles. The molecule has 1 aliphatic carbocycles. The number of carbonyl (C=O) groups is 2. The van der Waals surface area contributed by atoms with Gasteiger partial charge in [0.15, 0.2) is 0 Å². The largest absolute Gasteiger partial charge is 0.446 e. The van der Waals surface area contributed by atoms with Crippen LogP contribution in [0.2, 0.25) is 0 Å². The van der Waals surface area contributed by atoms with E-state index in [2.05, 4.69) is 16.0 Å². The standard InChI is InChI=1S/C21H19F4N3O2S/c22-14-10-13(6-7-16(14)31-21(23,24)25)20(8-9-20)28-19(30)15-11-17(29)27-18(26-15)12-4-2-1-3-5-12/h1-7,10,15,18,26H,8-9,11H2,(H,27,29)(H,28,30). The third-order valence-electron chi connectivity index (χ3n) is 5.33. The molecule has 3 N–H and O–H groups in total. The fourth-order valence-electron chi connectivity index (χ4n) is 3.64. The van der Waals surface area contributed by atoms with Crippen LogP contribution < -0.4 is 16.0 Å². The Morgan fingerprint density at radius 3 is 2.45 bits per heavy atom. The number of halogens is 4. The molecule has 164 valence electrons. The average Bonchev–Trinajstić information content (AvgIpc) is 3.49. The third-order valence-corrected chi connectivity index (χ3v) is 6.12. The minimum Gasteiger partial charge on any atom is -0.345 e. The molecule has 4 rings (SSSR count). The molecule has 1 heterocycles. The number of carbonyl (C=O) groups excluding carboxylic acids is 2. The lowest BCUT2D eigenvalue weighted by Crippen LogP contribution is -2.57. The number of hydrogen-bond donors (Lipinski definition) is 3. The minimum absolute atomic E-state index is 0.0548. The van der Waals surface area contributed by atoms with Crippen molar-refractivity contribution in [3.8, 4) is 0 Å². The Labute approximate surface area is 180 Å². The molecule has 5 nitrogen and oxygen atoms in total. The van der Waals surface area contributed by atoms with Crippen LogP contribution in [0.15, 0.2) is 53.4 Å². The van der Waals surface area contributed by atoms with E-state index in [9.17, 15) is 27.2 Å². The zero-order valence-corrected chi connectivity index (χ0v) is 16.9. The zero-order valence-electron chi connectivity index (χ0n) is 16.1. The predicted octanol–water partition coefficient (Wildman–Crippen LogP) is 3.72. The second-order valence-corrected chi connectivity index (χ2v) is 8.71. The maximum atomic E-state index is 14.2. The van der Waals surface area contributed by atoms with E-state index in [4.69, 9.17) is 0 Å². The van der Waals surface area contributed by atoms with E-state index in [1.807, 2.05) is 30.3 Å². The van der Waals surface area contributed by atoms with Crippen molar-refractivity contribution in [1.82, 2.24) is 16.0 Å². The summed E-state index contributed by atoms with van der Waals surface area (Å²) >= 11 is -0.515. The molecule has 1 saturated carbocycles. The van der Waals surface area contributed by atoms with Gasteiger partial charge in [-0.2, -0.15) is 13.2 Å². The lowest BCUT2D eigenvalue weighted by Gasteiger charge is -2.32. The highest BCUT2D eigenvalue weighted by Gasteiger charge is 2.47. The summed E-state index contributed by atoms with van der Waals surface area (Å²) in [6.07, 6.45) is 0.487. The number of rotatable bonds is 5. The Morgan fingerprint density at radius 2 is 1.84 bits per heavy atom. The number of thioether (sulfide) groups is 1. The van der Waals surface area contributed by atoms with Gasteiger partial charge in [0.25, 0.3) is 0 Å². The van der Waals surface area contributed by atoms with Crippen LogP contribution in [0.5, 0.6) is 0 Å². The van der Waals surface area contributed by atoms with Gasteiger partial charge in [0.1, 0.15) is 12.0 Å². The maximum absolute atomic E-state index is 14.2. The second kappa shape index (κ2) is 8.16. The van der Waals surface area contributed by atoms with Crippen molar-refractivity contribution in [3.05, 3.63) is 65.5 Å². The van der Waals surface area contributed by atoms with Crippen molar-refractivity contribution in [2.24, 2.45) is 0 Å². The second-order valence-electron chi connectivity index (χ2n) is 7.60. The van der Waals surface area contributed by atoms with E-state index >= 15 is 0 Å². The molecular weight excluding hydrogens is 434 g/mol. The molecule has 2 aromatic rings. The monoisotopic (exact) mass is 453 g/mol. The van der Waals surface area contributed by atoms with Gasteiger partial charge in [-0.25, -0.2) is 4.39 Å².